The van der Waals surface area contributed by atoms with Gasteiger partial charge >= 0.3 is 0 Å². The first-order valence-corrected chi connectivity index (χ1v) is 48.4. The Morgan fingerprint density at radius 1 is 0.134 bits per heavy atom. The average molecular weight is 1660 g/mol. The van der Waals surface area contributed by atoms with Crippen molar-refractivity contribution in [1.29, 1.82) is 0 Å². The van der Waals surface area contributed by atoms with Crippen LogP contribution in [0.3, 0.4) is 0 Å². The van der Waals surface area contributed by atoms with Crippen molar-refractivity contribution in [3.8, 4) is 77.9 Å². The van der Waals surface area contributed by atoms with Gasteiger partial charge in [-0.1, -0.05) is 340 Å². The van der Waals surface area contributed by atoms with E-state index in [0.29, 0.717) is 0 Å². The van der Waals surface area contributed by atoms with Crippen LogP contribution < -0.4 is 0 Å². The molecule has 0 fully saturated rings. The maximum absolute atomic E-state index is 2.41. The number of aryl methyl sites for hydroxylation is 28. The van der Waals surface area contributed by atoms with Gasteiger partial charge < -0.3 is 0 Å². The fourth-order valence-electron chi connectivity index (χ4n) is 25.0. The molecule has 127 heavy (non-hydrogen) atoms. The predicted octanol–water partition coefficient (Wildman–Crippen LogP) is 32.2. The molecular formula is C127H134. The fourth-order valence-corrected chi connectivity index (χ4v) is 25.0. The molecule has 642 valence electrons. The van der Waals surface area contributed by atoms with Gasteiger partial charge in [0.1, 0.15) is 0 Å². The Balaban J connectivity index is 0.0000000967. The second kappa shape index (κ2) is 32.7. The molecular weight excluding hydrogens is 1530 g/mol. The van der Waals surface area contributed by atoms with Gasteiger partial charge in [0.15, 0.2) is 0 Å². The van der Waals surface area contributed by atoms with Crippen molar-refractivity contribution >= 4 is 0 Å². The third-order valence-corrected chi connectivity index (χ3v) is 31.1. The second-order valence-corrected chi connectivity index (χ2v) is 42.8. The lowest BCUT2D eigenvalue weighted by molar-refractivity contribution is 0.628. The Bertz CT molecular complexity index is 6230. The van der Waals surface area contributed by atoms with Crippen LogP contribution in [0.2, 0.25) is 0 Å². The van der Waals surface area contributed by atoms with Crippen molar-refractivity contribution in [2.75, 3.05) is 0 Å². The summed E-state index contributed by atoms with van der Waals surface area (Å²) < 4.78 is 0. The third-order valence-electron chi connectivity index (χ3n) is 31.1. The molecule has 0 atom stereocenters. The molecule has 14 aromatic carbocycles. The molecule has 0 aromatic heterocycles. The molecule has 0 radical (unpaired) electrons. The van der Waals surface area contributed by atoms with Crippen LogP contribution in [-0.4, -0.2) is 0 Å². The van der Waals surface area contributed by atoms with Gasteiger partial charge in [-0.2, -0.15) is 0 Å². The third kappa shape index (κ3) is 15.4. The van der Waals surface area contributed by atoms with Gasteiger partial charge in [-0.25, -0.2) is 0 Å². The summed E-state index contributed by atoms with van der Waals surface area (Å²) in [4.78, 5) is 0. The minimum absolute atomic E-state index is 0.142. The van der Waals surface area contributed by atoms with Gasteiger partial charge in [0.05, 0.1) is 0 Å². The molecule has 0 saturated carbocycles. The Morgan fingerprint density at radius 3 is 0.480 bits per heavy atom. The number of hydrogen-bond acceptors (Lipinski definition) is 0. The summed E-state index contributed by atoms with van der Waals surface area (Å²) in [6.07, 6.45) is 20.9. The number of benzene rings is 14. The first-order chi connectivity index (χ1) is 60.6. The zero-order valence-electron chi connectivity index (χ0n) is 80.7. The van der Waals surface area contributed by atoms with Gasteiger partial charge in [0.25, 0.3) is 0 Å². The second-order valence-electron chi connectivity index (χ2n) is 42.8. The van der Waals surface area contributed by atoms with Crippen LogP contribution >= 0.6 is 0 Å². The summed E-state index contributed by atoms with van der Waals surface area (Å²) in [6, 6.07) is 79.6. The highest BCUT2D eigenvalue weighted by Gasteiger charge is 2.48. The summed E-state index contributed by atoms with van der Waals surface area (Å²) in [7, 11) is 0. The van der Waals surface area contributed by atoms with E-state index >= 15 is 0 Å². The van der Waals surface area contributed by atoms with Gasteiger partial charge in [-0.05, 0) is 406 Å². The summed E-state index contributed by atoms with van der Waals surface area (Å²) in [5, 5.41) is 0. The van der Waals surface area contributed by atoms with Crippen LogP contribution in [0, 0.1) is 96.9 Å². The maximum Gasteiger partial charge on any atom is 0.0159 e. The van der Waals surface area contributed by atoms with E-state index in [1.165, 1.54) is 287 Å². The average Bonchev–Trinajstić information content (AvgIpc) is 1.51. The molecule has 14 aromatic rings. The van der Waals surface area contributed by atoms with Crippen molar-refractivity contribution in [2.24, 2.45) is 0 Å². The SMILES string of the molecule is Cc1cc2c3c(c1)C(C)(C)c1cc(C)cc(c1-3)C2(C)C.Cc1cc2c3c(c1)C(C)(C)c1cc(C)cc(c1-3)CC2.Cc1cc2c3c(c1)C(C)(C)c1cc(C)cc(c1-3)CC2.Cc1cc2c3c(c1)CCc1cc(C)cc(c1-3)CC2.Cc1ccc2c(c1)CCCCc1cc(C)ccc1-2.Cc1ccc2c(c1)CCCc1cc(C)ccc1-2.Cc1ccc2c(c1)CCc1cc(C)ccc1-2. The first kappa shape index (κ1) is 85.5. The maximum atomic E-state index is 2.41. The number of fused-ring (bicyclic) bond motifs is 9. The summed E-state index contributed by atoms with van der Waals surface area (Å²) in [5.41, 5.74) is 75.3. The highest BCUT2D eigenvalue weighted by molar-refractivity contribution is 5.94. The molecule has 0 aliphatic heterocycles. The topological polar surface area (TPSA) is 0 Å². The molecule has 0 amide bonds. The van der Waals surface area contributed by atoms with Gasteiger partial charge in [0, 0.05) is 21.7 Å². The van der Waals surface area contributed by atoms with E-state index in [9.17, 15) is 0 Å². The minimum atomic E-state index is 0.142. The Hall–Kier alpha value is -10.9. The zero-order valence-corrected chi connectivity index (χ0v) is 80.7. The molecule has 0 nitrogen and oxygen atoms in total. The van der Waals surface area contributed by atoms with Crippen LogP contribution in [0.25, 0.3) is 77.9 Å². The van der Waals surface area contributed by atoms with E-state index in [1.54, 1.807) is 100 Å². The van der Waals surface area contributed by atoms with E-state index in [4.69, 9.17) is 0 Å². The van der Waals surface area contributed by atoms with Crippen LogP contribution in [0.4, 0.5) is 0 Å². The molecule has 0 unspecified atom stereocenters. The monoisotopic (exact) mass is 1660 g/mol. The zero-order chi connectivity index (χ0) is 88.9. The Kier molecular flexibility index (Phi) is 22.0. The molecule has 0 heteroatoms. The minimum Gasteiger partial charge on any atom is -0.0587 e. The summed E-state index contributed by atoms with van der Waals surface area (Å²) >= 11 is 0. The van der Waals surface area contributed by atoms with Gasteiger partial charge in [-0.3, -0.25) is 0 Å². The quantitative estimate of drug-likeness (QED) is 0.142. The highest BCUT2D eigenvalue weighted by Crippen LogP contribution is 2.62. The van der Waals surface area contributed by atoms with Crippen molar-refractivity contribution < 1.29 is 0 Å². The standard InChI is InChI=1S/C20H22.2C19H20.C18H18.C18H20.C17H18.C16H16/c1-11-7-13-17-14(8-11)20(5,6)16-10-12(2)9-15(18(16)17)19(13,3)4;2*1-11-7-13-5-6-14-8-12(2)10-16-18(14)17(13)15(9-11)19(16,3)4;1-11-7-13-3-5-15-9-12(2)10-16-6-4-14(8-11)17(13)18(15)16;1-13-7-9-17-15(11-13)5-3-4-6-16-12-14(2)8-10-18(16)17;1-12-6-8-16-14(10-12)4-3-5-15-11-13(2)7-9-17(15)16;1-11-3-7-15-13(9-11)5-6-14-10-12(2)4-8-16(14)15/h7-10H,1-6H3;2*7-10H,5-6H2,1-4H3;7-10H,3-6H2,1-2H3;7-12H,3-6H2,1-2H3;6-11H,3-5H2,1-2H3;3-4,7-10H,5-6H2,1-2H3. The van der Waals surface area contributed by atoms with Crippen LogP contribution in [-0.2, 0) is 112 Å². The van der Waals surface area contributed by atoms with Crippen molar-refractivity contribution in [3.05, 3.63) is 407 Å². The number of hydrogen-bond donors (Lipinski definition) is 0. The Morgan fingerprint density at radius 2 is 0.276 bits per heavy atom. The van der Waals surface area contributed by atoms with Crippen molar-refractivity contribution in [2.45, 2.75) is 283 Å². The highest BCUT2D eigenvalue weighted by atomic mass is 14.5. The molecule has 25 rings (SSSR count). The van der Waals surface area contributed by atoms with E-state index in [2.05, 4.69) is 359 Å². The van der Waals surface area contributed by atoms with Crippen LogP contribution in [0.15, 0.2) is 206 Å². The molecule has 0 heterocycles. The lowest BCUT2D eigenvalue weighted by Crippen LogP contribution is -2.21. The van der Waals surface area contributed by atoms with E-state index in [0.717, 1.165) is 0 Å². The largest absolute Gasteiger partial charge is 0.0587 e. The van der Waals surface area contributed by atoms with Gasteiger partial charge in [-0.15, -0.1) is 0 Å². The van der Waals surface area contributed by atoms with E-state index < -0.39 is 0 Å². The van der Waals surface area contributed by atoms with Gasteiger partial charge in [0.2, 0.25) is 0 Å². The van der Waals surface area contributed by atoms with Crippen molar-refractivity contribution in [1.82, 2.24) is 0 Å². The molecule has 0 N–H and O–H groups in total. The predicted molar refractivity (Wildman–Crippen MR) is 544 cm³/mol. The lowest BCUT2D eigenvalue weighted by Gasteiger charge is -2.30. The summed E-state index contributed by atoms with van der Waals surface area (Å²) in [6.45, 7) is 50.0. The normalized spacial score (nSPS) is 16.0. The lowest BCUT2D eigenvalue weighted by atomic mass is 9.74. The van der Waals surface area contributed by atoms with Crippen LogP contribution in [0.1, 0.15) is 275 Å². The Labute approximate surface area is 762 Å². The van der Waals surface area contributed by atoms with E-state index in [1.807, 2.05) is 0 Å². The molecule has 11 aliphatic carbocycles. The molecule has 0 bridgehead atoms. The van der Waals surface area contributed by atoms with Crippen LogP contribution in [0.5, 0.6) is 0 Å². The first-order valence-electron chi connectivity index (χ1n) is 48.4. The molecule has 0 saturated heterocycles. The smallest absolute Gasteiger partial charge is 0.0159 e. The number of rotatable bonds is 0. The summed E-state index contributed by atoms with van der Waals surface area (Å²) in [5.74, 6) is 0. The molecule has 11 aliphatic rings. The molecule has 0 spiro atoms. The van der Waals surface area contributed by atoms with Crippen molar-refractivity contribution in [3.63, 3.8) is 0 Å². The fraction of sp³-hybridized carbons (Fsp3) is 0.339. The van der Waals surface area contributed by atoms with E-state index in [-0.39, 0.29) is 21.7 Å².